The molecule has 1 aliphatic heterocycles. The molecular weight excluding hydrogens is 370 g/mol. The highest BCUT2D eigenvalue weighted by Gasteiger charge is 2.23. The quantitative estimate of drug-likeness (QED) is 0.713. The van der Waals surface area contributed by atoms with Crippen LogP contribution in [-0.2, 0) is 11.3 Å². The number of hydrogen-bond acceptors (Lipinski definition) is 6. The molecule has 1 aromatic carbocycles. The van der Waals surface area contributed by atoms with Gasteiger partial charge in [0, 0.05) is 38.3 Å². The van der Waals surface area contributed by atoms with Crippen LogP contribution in [0, 0.1) is 13.8 Å². The SMILES string of the molecule is CC=Cc1ccc(OCC(=O)N2CCN(Cc3c(C)noc3C)CC2)c(OC)c1. The molecule has 29 heavy (non-hydrogen) atoms. The van der Waals surface area contributed by atoms with E-state index in [1.807, 2.05) is 56.0 Å². The van der Waals surface area contributed by atoms with E-state index in [4.69, 9.17) is 14.0 Å². The molecule has 1 aromatic heterocycles. The molecule has 1 fully saturated rings. The smallest absolute Gasteiger partial charge is 0.260 e. The number of ether oxygens (including phenoxy) is 2. The second-order valence-corrected chi connectivity index (χ2v) is 7.16. The van der Waals surface area contributed by atoms with Crippen LogP contribution in [0.5, 0.6) is 11.5 Å². The van der Waals surface area contributed by atoms with E-state index < -0.39 is 0 Å². The van der Waals surface area contributed by atoms with Gasteiger partial charge in [-0.1, -0.05) is 23.4 Å². The normalized spacial score (nSPS) is 15.1. The molecule has 7 heteroatoms. The molecule has 156 valence electrons. The van der Waals surface area contributed by atoms with Crippen molar-refractivity contribution in [3.8, 4) is 11.5 Å². The Labute approximate surface area is 171 Å². The zero-order valence-electron chi connectivity index (χ0n) is 17.6. The Kier molecular flexibility index (Phi) is 6.93. The Morgan fingerprint density at radius 2 is 1.97 bits per heavy atom. The van der Waals surface area contributed by atoms with Crippen LogP contribution in [0.25, 0.3) is 6.08 Å². The van der Waals surface area contributed by atoms with Gasteiger partial charge in [0.05, 0.1) is 12.8 Å². The molecule has 0 radical (unpaired) electrons. The number of aromatic nitrogens is 1. The highest BCUT2D eigenvalue weighted by atomic mass is 16.5. The molecule has 0 bridgehead atoms. The van der Waals surface area contributed by atoms with Crippen molar-refractivity contribution in [1.82, 2.24) is 15.0 Å². The summed E-state index contributed by atoms with van der Waals surface area (Å²) in [6, 6.07) is 5.67. The second-order valence-electron chi connectivity index (χ2n) is 7.16. The van der Waals surface area contributed by atoms with Crippen LogP contribution in [0.1, 0.15) is 29.5 Å². The molecule has 0 unspecified atom stereocenters. The van der Waals surface area contributed by atoms with Gasteiger partial charge in [0.25, 0.3) is 5.91 Å². The van der Waals surface area contributed by atoms with Gasteiger partial charge in [0.2, 0.25) is 0 Å². The van der Waals surface area contributed by atoms with Gasteiger partial charge in [-0.25, -0.2) is 0 Å². The van der Waals surface area contributed by atoms with Crippen LogP contribution in [0.2, 0.25) is 0 Å². The molecule has 0 spiro atoms. The number of carbonyl (C=O) groups excluding carboxylic acids is 1. The van der Waals surface area contributed by atoms with E-state index in [2.05, 4.69) is 10.1 Å². The third-order valence-electron chi connectivity index (χ3n) is 5.19. The summed E-state index contributed by atoms with van der Waals surface area (Å²) in [5.41, 5.74) is 3.10. The van der Waals surface area contributed by atoms with E-state index in [0.717, 1.165) is 42.2 Å². The van der Waals surface area contributed by atoms with E-state index >= 15 is 0 Å². The van der Waals surface area contributed by atoms with Gasteiger partial charge >= 0.3 is 0 Å². The van der Waals surface area contributed by atoms with E-state index in [1.54, 1.807) is 7.11 Å². The molecule has 2 aromatic rings. The summed E-state index contributed by atoms with van der Waals surface area (Å²) in [5.74, 6) is 2.05. The second kappa shape index (κ2) is 9.60. The van der Waals surface area contributed by atoms with Crippen LogP contribution < -0.4 is 9.47 Å². The Hall–Kier alpha value is -2.80. The minimum atomic E-state index is -0.0124. The van der Waals surface area contributed by atoms with Crippen LogP contribution in [0.15, 0.2) is 28.8 Å². The number of benzene rings is 1. The molecule has 0 aliphatic carbocycles. The standard InChI is InChI=1S/C22H29N3O4/c1-5-6-18-7-8-20(21(13-18)27-4)28-15-22(26)25-11-9-24(10-12-25)14-19-16(2)23-29-17(19)3/h5-8,13H,9-12,14-15H2,1-4H3. The van der Waals surface area contributed by atoms with Crippen molar-refractivity contribution in [2.24, 2.45) is 0 Å². The maximum Gasteiger partial charge on any atom is 0.260 e. The maximum absolute atomic E-state index is 12.6. The van der Waals surface area contributed by atoms with Crippen molar-refractivity contribution in [3.05, 3.63) is 46.9 Å². The topological polar surface area (TPSA) is 68.0 Å². The first-order chi connectivity index (χ1) is 14.0. The number of hydrogen-bond donors (Lipinski definition) is 0. The highest BCUT2D eigenvalue weighted by molar-refractivity contribution is 5.78. The Balaban J connectivity index is 1.50. The Morgan fingerprint density at radius 3 is 2.59 bits per heavy atom. The fourth-order valence-electron chi connectivity index (χ4n) is 3.44. The zero-order valence-corrected chi connectivity index (χ0v) is 17.6. The lowest BCUT2D eigenvalue weighted by Gasteiger charge is -2.34. The third kappa shape index (κ3) is 5.17. The van der Waals surface area contributed by atoms with Crippen LogP contribution >= 0.6 is 0 Å². The summed E-state index contributed by atoms with van der Waals surface area (Å²) >= 11 is 0. The van der Waals surface area contributed by atoms with Gasteiger partial charge in [-0.05, 0) is 38.5 Å². The Bertz CT molecular complexity index is 847. The summed E-state index contributed by atoms with van der Waals surface area (Å²) in [4.78, 5) is 16.7. The van der Waals surface area contributed by atoms with Crippen molar-refractivity contribution in [3.63, 3.8) is 0 Å². The molecule has 7 nitrogen and oxygen atoms in total. The summed E-state index contributed by atoms with van der Waals surface area (Å²) in [5, 5.41) is 4.01. The predicted molar refractivity (Wildman–Crippen MR) is 111 cm³/mol. The van der Waals surface area contributed by atoms with E-state index in [9.17, 15) is 4.79 Å². The minimum absolute atomic E-state index is 0.00317. The summed E-state index contributed by atoms with van der Waals surface area (Å²) in [7, 11) is 1.60. The van der Waals surface area contributed by atoms with Gasteiger partial charge < -0.3 is 18.9 Å². The molecule has 0 N–H and O–H groups in total. The average molecular weight is 399 g/mol. The molecule has 1 aliphatic rings. The fraction of sp³-hybridized carbons (Fsp3) is 0.455. The first-order valence-corrected chi connectivity index (χ1v) is 9.87. The van der Waals surface area contributed by atoms with Crippen LogP contribution in [0.3, 0.4) is 0 Å². The number of methoxy groups -OCH3 is 1. The van der Waals surface area contributed by atoms with Crippen molar-refractivity contribution < 1.29 is 18.8 Å². The van der Waals surface area contributed by atoms with Gasteiger partial charge in [-0.3, -0.25) is 9.69 Å². The largest absolute Gasteiger partial charge is 0.493 e. The summed E-state index contributed by atoms with van der Waals surface area (Å²) in [6.07, 6.45) is 3.95. The summed E-state index contributed by atoms with van der Waals surface area (Å²) in [6.45, 7) is 9.66. The average Bonchev–Trinajstić information content (AvgIpc) is 3.05. The third-order valence-corrected chi connectivity index (χ3v) is 5.19. The monoisotopic (exact) mass is 399 g/mol. The fourth-order valence-corrected chi connectivity index (χ4v) is 3.44. The van der Waals surface area contributed by atoms with Crippen LogP contribution in [0.4, 0.5) is 0 Å². The molecule has 2 heterocycles. The first-order valence-electron chi connectivity index (χ1n) is 9.87. The number of nitrogens with zero attached hydrogens (tertiary/aromatic N) is 3. The highest BCUT2D eigenvalue weighted by Crippen LogP contribution is 2.28. The van der Waals surface area contributed by atoms with Crippen molar-refractivity contribution >= 4 is 12.0 Å². The number of amides is 1. The van der Waals surface area contributed by atoms with Crippen LogP contribution in [-0.4, -0.2) is 60.8 Å². The predicted octanol–water partition coefficient (Wildman–Crippen LogP) is 3.06. The Morgan fingerprint density at radius 1 is 1.21 bits per heavy atom. The molecule has 3 rings (SSSR count). The molecular formula is C22H29N3O4. The van der Waals surface area contributed by atoms with Gasteiger partial charge in [0.15, 0.2) is 18.1 Å². The van der Waals surface area contributed by atoms with Gasteiger partial charge in [-0.15, -0.1) is 0 Å². The number of carbonyl (C=O) groups is 1. The van der Waals surface area contributed by atoms with Crippen molar-refractivity contribution in [2.75, 3.05) is 39.9 Å². The molecule has 0 atom stereocenters. The molecule has 0 saturated carbocycles. The lowest BCUT2D eigenvalue weighted by Crippen LogP contribution is -2.49. The molecule has 1 amide bonds. The lowest BCUT2D eigenvalue weighted by molar-refractivity contribution is -0.135. The lowest BCUT2D eigenvalue weighted by atomic mass is 10.2. The minimum Gasteiger partial charge on any atom is -0.493 e. The maximum atomic E-state index is 12.6. The number of rotatable bonds is 7. The number of piperazine rings is 1. The van der Waals surface area contributed by atoms with Gasteiger partial charge in [-0.2, -0.15) is 0 Å². The number of aryl methyl sites for hydroxylation is 2. The van der Waals surface area contributed by atoms with E-state index in [0.29, 0.717) is 24.6 Å². The zero-order chi connectivity index (χ0) is 20.8. The van der Waals surface area contributed by atoms with Crippen molar-refractivity contribution in [2.45, 2.75) is 27.3 Å². The van der Waals surface area contributed by atoms with E-state index in [-0.39, 0.29) is 12.5 Å². The van der Waals surface area contributed by atoms with E-state index in [1.165, 1.54) is 0 Å². The first kappa shape index (κ1) is 20.9. The van der Waals surface area contributed by atoms with Crippen molar-refractivity contribution in [1.29, 1.82) is 0 Å². The summed E-state index contributed by atoms with van der Waals surface area (Å²) < 4.78 is 16.4. The molecule has 1 saturated heterocycles. The van der Waals surface area contributed by atoms with Gasteiger partial charge in [0.1, 0.15) is 5.76 Å². The number of allylic oxidation sites excluding steroid dienone is 1.